The standard InChI is InChI=1S/C10H14Cl2NOP/c1-2-3-6-15(13,14)10-7-8(11)4-5-9(10)12/h4-5,7H,2-3,6H2,1H3,(H2,13,14). The van der Waals surface area contributed by atoms with Crippen LogP contribution in [-0.4, -0.2) is 6.16 Å². The maximum Gasteiger partial charge on any atom is 0.175 e. The second-order valence-corrected chi connectivity index (χ2v) is 6.83. The van der Waals surface area contributed by atoms with Gasteiger partial charge in [-0.05, 0) is 24.6 Å². The first-order valence-corrected chi connectivity index (χ1v) is 7.52. The summed E-state index contributed by atoms with van der Waals surface area (Å²) in [5.41, 5.74) is 5.81. The number of rotatable bonds is 4. The van der Waals surface area contributed by atoms with Crippen LogP contribution in [0.15, 0.2) is 18.2 Å². The average Bonchev–Trinajstić information content (AvgIpc) is 2.18. The zero-order valence-corrected chi connectivity index (χ0v) is 10.9. The van der Waals surface area contributed by atoms with Crippen molar-refractivity contribution in [1.82, 2.24) is 0 Å². The van der Waals surface area contributed by atoms with Crippen molar-refractivity contribution < 1.29 is 4.57 Å². The lowest BCUT2D eigenvalue weighted by molar-refractivity contribution is 0.580. The summed E-state index contributed by atoms with van der Waals surface area (Å²) in [5, 5.41) is 1.43. The molecule has 1 unspecified atom stereocenters. The minimum Gasteiger partial charge on any atom is -0.302 e. The van der Waals surface area contributed by atoms with Crippen molar-refractivity contribution in [1.29, 1.82) is 0 Å². The van der Waals surface area contributed by atoms with Crippen molar-refractivity contribution in [3.8, 4) is 0 Å². The number of halogens is 2. The van der Waals surface area contributed by atoms with Crippen LogP contribution in [0.1, 0.15) is 19.8 Å². The van der Waals surface area contributed by atoms with E-state index in [9.17, 15) is 4.57 Å². The van der Waals surface area contributed by atoms with Crippen molar-refractivity contribution in [2.75, 3.05) is 6.16 Å². The summed E-state index contributed by atoms with van der Waals surface area (Å²) in [7, 11) is -2.84. The molecule has 0 heterocycles. The van der Waals surface area contributed by atoms with Crippen molar-refractivity contribution >= 4 is 35.8 Å². The normalized spacial score (nSPS) is 14.9. The Labute approximate surface area is 100 Å². The van der Waals surface area contributed by atoms with Gasteiger partial charge in [0.1, 0.15) is 0 Å². The third kappa shape index (κ3) is 3.49. The first-order valence-electron chi connectivity index (χ1n) is 4.80. The van der Waals surface area contributed by atoms with Crippen LogP contribution in [0.25, 0.3) is 0 Å². The topological polar surface area (TPSA) is 43.1 Å². The third-order valence-corrected chi connectivity index (χ3v) is 5.02. The molecule has 0 aliphatic heterocycles. The lowest BCUT2D eigenvalue weighted by atomic mass is 10.4. The highest BCUT2D eigenvalue weighted by molar-refractivity contribution is 7.69. The molecule has 1 rings (SSSR count). The molecule has 0 radical (unpaired) electrons. The number of unbranched alkanes of at least 4 members (excludes halogenated alkanes) is 1. The van der Waals surface area contributed by atoms with Gasteiger partial charge >= 0.3 is 0 Å². The highest BCUT2D eigenvalue weighted by atomic mass is 35.5. The van der Waals surface area contributed by atoms with E-state index in [1.54, 1.807) is 18.2 Å². The van der Waals surface area contributed by atoms with Crippen LogP contribution in [-0.2, 0) is 4.57 Å². The van der Waals surface area contributed by atoms with Gasteiger partial charge in [-0.2, -0.15) is 0 Å². The van der Waals surface area contributed by atoms with Crippen molar-refractivity contribution in [2.45, 2.75) is 19.8 Å². The molecule has 2 N–H and O–H groups in total. The van der Waals surface area contributed by atoms with Crippen LogP contribution in [0.2, 0.25) is 10.0 Å². The molecule has 0 saturated carbocycles. The minimum absolute atomic E-state index is 0.432. The molecule has 1 aromatic rings. The molecule has 0 aliphatic rings. The van der Waals surface area contributed by atoms with Gasteiger partial charge in [-0.15, -0.1) is 0 Å². The highest BCUT2D eigenvalue weighted by Gasteiger charge is 2.21. The number of benzene rings is 1. The molecule has 84 valence electrons. The van der Waals surface area contributed by atoms with E-state index in [1.165, 1.54) is 0 Å². The third-order valence-electron chi connectivity index (χ3n) is 2.16. The Morgan fingerprint density at radius 1 is 1.40 bits per heavy atom. The molecular weight excluding hydrogens is 252 g/mol. The predicted molar refractivity (Wildman–Crippen MR) is 67.7 cm³/mol. The molecule has 0 fully saturated rings. The van der Waals surface area contributed by atoms with Gasteiger partial charge in [0, 0.05) is 16.5 Å². The maximum atomic E-state index is 12.2. The van der Waals surface area contributed by atoms with Gasteiger partial charge in [0.15, 0.2) is 7.29 Å². The molecule has 0 saturated heterocycles. The molecule has 0 aromatic heterocycles. The Kier molecular flexibility index (Phi) is 4.66. The molecule has 0 aliphatic carbocycles. The van der Waals surface area contributed by atoms with Crippen LogP contribution >= 0.6 is 30.5 Å². The van der Waals surface area contributed by atoms with Crippen molar-refractivity contribution in [2.24, 2.45) is 5.50 Å². The molecular formula is C10H14Cl2NOP. The van der Waals surface area contributed by atoms with Gasteiger partial charge in [-0.3, -0.25) is 5.50 Å². The van der Waals surface area contributed by atoms with E-state index < -0.39 is 7.29 Å². The van der Waals surface area contributed by atoms with Gasteiger partial charge in [0.05, 0.1) is 5.02 Å². The maximum absolute atomic E-state index is 12.2. The van der Waals surface area contributed by atoms with Gasteiger partial charge in [0.25, 0.3) is 0 Å². The second kappa shape index (κ2) is 5.36. The van der Waals surface area contributed by atoms with Crippen LogP contribution < -0.4 is 10.8 Å². The Bertz CT molecular complexity index is 395. The highest BCUT2D eigenvalue weighted by Crippen LogP contribution is 2.39. The molecule has 0 spiro atoms. The van der Waals surface area contributed by atoms with E-state index in [1.807, 2.05) is 6.92 Å². The summed E-state index contributed by atoms with van der Waals surface area (Å²) in [4.78, 5) is 0. The fourth-order valence-corrected chi connectivity index (χ4v) is 3.90. The van der Waals surface area contributed by atoms with E-state index in [-0.39, 0.29) is 0 Å². The molecule has 0 bridgehead atoms. The lowest BCUT2D eigenvalue weighted by Gasteiger charge is -2.14. The van der Waals surface area contributed by atoms with Crippen molar-refractivity contribution in [3.63, 3.8) is 0 Å². The average molecular weight is 266 g/mol. The van der Waals surface area contributed by atoms with E-state index in [0.717, 1.165) is 12.8 Å². The zero-order valence-electron chi connectivity index (χ0n) is 8.54. The van der Waals surface area contributed by atoms with Crippen LogP contribution in [0.4, 0.5) is 0 Å². The first kappa shape index (κ1) is 13.1. The van der Waals surface area contributed by atoms with E-state index >= 15 is 0 Å². The van der Waals surface area contributed by atoms with Crippen molar-refractivity contribution in [3.05, 3.63) is 28.2 Å². The van der Waals surface area contributed by atoms with E-state index in [4.69, 9.17) is 28.7 Å². The predicted octanol–water partition coefficient (Wildman–Crippen LogP) is 3.66. The number of hydrogen-bond donors (Lipinski definition) is 1. The lowest BCUT2D eigenvalue weighted by Crippen LogP contribution is -2.15. The fourth-order valence-electron chi connectivity index (χ4n) is 1.29. The van der Waals surface area contributed by atoms with Crippen LogP contribution in [0.3, 0.4) is 0 Å². The Morgan fingerprint density at radius 3 is 2.67 bits per heavy atom. The van der Waals surface area contributed by atoms with Crippen LogP contribution in [0, 0.1) is 0 Å². The molecule has 15 heavy (non-hydrogen) atoms. The summed E-state index contributed by atoms with van der Waals surface area (Å²) in [6.07, 6.45) is 2.26. The van der Waals surface area contributed by atoms with E-state index in [2.05, 4.69) is 0 Å². The molecule has 1 aromatic carbocycles. The number of hydrogen-bond acceptors (Lipinski definition) is 1. The summed E-state index contributed by atoms with van der Waals surface area (Å²) < 4.78 is 12.2. The summed E-state index contributed by atoms with van der Waals surface area (Å²) in [6.45, 7) is 2.03. The molecule has 5 heteroatoms. The van der Waals surface area contributed by atoms with Gasteiger partial charge in [-0.1, -0.05) is 36.5 Å². The molecule has 0 amide bonds. The summed E-state index contributed by atoms with van der Waals surface area (Å²) in [6, 6.07) is 4.89. The zero-order chi connectivity index (χ0) is 11.5. The Hall–Kier alpha value is -0.0100. The summed E-state index contributed by atoms with van der Waals surface area (Å²) in [5.74, 6) is 0. The quantitative estimate of drug-likeness (QED) is 0.845. The second-order valence-electron chi connectivity index (χ2n) is 3.47. The van der Waals surface area contributed by atoms with E-state index in [0.29, 0.717) is 21.5 Å². The van der Waals surface area contributed by atoms with Gasteiger partial charge in [0.2, 0.25) is 0 Å². The summed E-state index contributed by atoms with van der Waals surface area (Å²) >= 11 is 11.8. The monoisotopic (exact) mass is 265 g/mol. The SMILES string of the molecule is CCCCP(N)(=O)c1cc(Cl)ccc1Cl. The largest absolute Gasteiger partial charge is 0.302 e. The van der Waals surface area contributed by atoms with Crippen LogP contribution in [0.5, 0.6) is 0 Å². The smallest absolute Gasteiger partial charge is 0.175 e. The van der Waals surface area contributed by atoms with Gasteiger partial charge in [-0.25, -0.2) is 0 Å². The first-order chi connectivity index (χ1) is 6.97. The number of nitrogens with two attached hydrogens (primary N) is 1. The minimum atomic E-state index is -2.84. The molecule has 2 nitrogen and oxygen atoms in total. The fraction of sp³-hybridized carbons (Fsp3) is 0.400. The Balaban J connectivity index is 3.03. The Morgan fingerprint density at radius 2 is 2.07 bits per heavy atom. The van der Waals surface area contributed by atoms with Gasteiger partial charge < -0.3 is 4.57 Å². The molecule has 1 atom stereocenters.